The van der Waals surface area contributed by atoms with Crippen molar-refractivity contribution in [3.8, 4) is 0 Å². The number of hydrogen-bond donors (Lipinski definition) is 1. The topological polar surface area (TPSA) is 15.8 Å². The summed E-state index contributed by atoms with van der Waals surface area (Å²) in [5.41, 5.74) is 2.69. The van der Waals surface area contributed by atoms with Crippen LogP contribution in [-0.4, -0.2) is 4.98 Å². The van der Waals surface area contributed by atoms with E-state index >= 15 is 0 Å². The van der Waals surface area contributed by atoms with E-state index < -0.39 is 0 Å². The number of rotatable bonds is 1. The molecule has 0 aliphatic rings. The summed E-state index contributed by atoms with van der Waals surface area (Å²) in [6, 6.07) is 8.45. The van der Waals surface area contributed by atoms with Crippen LogP contribution in [0.4, 0.5) is 0 Å². The molecule has 2 heteroatoms. The van der Waals surface area contributed by atoms with Crippen LogP contribution in [0.2, 0.25) is 0 Å². The number of aromatic amines is 1. The van der Waals surface area contributed by atoms with Gasteiger partial charge in [0.15, 0.2) is 0 Å². The van der Waals surface area contributed by atoms with Crippen LogP contribution >= 0.6 is 22.6 Å². The molecule has 0 unspecified atom stereocenters. The monoisotopic (exact) mass is 271 g/mol. The minimum Gasteiger partial charge on any atom is -0.350 e. The van der Waals surface area contributed by atoms with Crippen molar-refractivity contribution in [1.82, 2.24) is 4.98 Å². The Morgan fingerprint density at radius 3 is 2.83 bits per heavy atom. The minimum atomic E-state index is 1.10. The number of aryl methyl sites for hydroxylation is 1. The molecule has 0 fully saturated rings. The van der Waals surface area contributed by atoms with Crippen molar-refractivity contribution in [2.24, 2.45) is 0 Å². The first-order valence-corrected chi connectivity index (χ1v) is 5.16. The van der Waals surface area contributed by atoms with E-state index in [-0.39, 0.29) is 0 Å². The van der Waals surface area contributed by atoms with Crippen LogP contribution in [-0.2, 0) is 6.42 Å². The van der Waals surface area contributed by atoms with Gasteiger partial charge in [-0.1, -0.05) is 25.1 Å². The molecule has 62 valence electrons. The van der Waals surface area contributed by atoms with E-state index in [4.69, 9.17) is 0 Å². The second-order valence-electron chi connectivity index (χ2n) is 2.82. The van der Waals surface area contributed by atoms with Crippen LogP contribution in [0.15, 0.2) is 24.3 Å². The van der Waals surface area contributed by atoms with Crippen LogP contribution in [0.5, 0.6) is 0 Å². The van der Waals surface area contributed by atoms with E-state index in [2.05, 4.69) is 58.8 Å². The predicted molar refractivity (Wildman–Crippen MR) is 60.4 cm³/mol. The maximum Gasteiger partial charge on any atom is 0.0815 e. The molecule has 0 atom stereocenters. The molecular weight excluding hydrogens is 261 g/mol. The van der Waals surface area contributed by atoms with Gasteiger partial charge in [0.05, 0.1) is 3.70 Å². The van der Waals surface area contributed by atoms with Crippen molar-refractivity contribution < 1.29 is 0 Å². The van der Waals surface area contributed by atoms with Gasteiger partial charge in [0.25, 0.3) is 0 Å². The summed E-state index contributed by atoms with van der Waals surface area (Å²) in [6.07, 6.45) is 1.10. The third kappa shape index (κ3) is 1.14. The summed E-state index contributed by atoms with van der Waals surface area (Å²) in [5.74, 6) is 0. The summed E-state index contributed by atoms with van der Waals surface area (Å²) in [7, 11) is 0. The molecule has 1 aromatic heterocycles. The second kappa shape index (κ2) is 3.09. The quantitative estimate of drug-likeness (QED) is 0.766. The molecule has 1 N–H and O–H groups in total. The summed E-state index contributed by atoms with van der Waals surface area (Å²) in [4.78, 5) is 3.36. The highest BCUT2D eigenvalue weighted by Crippen LogP contribution is 2.23. The van der Waals surface area contributed by atoms with Gasteiger partial charge in [-0.2, -0.15) is 0 Å². The number of para-hydroxylation sites is 1. The summed E-state index contributed by atoms with van der Waals surface area (Å²) in [6.45, 7) is 2.19. The van der Waals surface area contributed by atoms with E-state index in [0.717, 1.165) is 6.42 Å². The predicted octanol–water partition coefficient (Wildman–Crippen LogP) is 3.33. The van der Waals surface area contributed by atoms with Gasteiger partial charge in [-0.05, 0) is 40.6 Å². The number of aromatic nitrogens is 1. The van der Waals surface area contributed by atoms with Gasteiger partial charge in [-0.25, -0.2) is 0 Å². The van der Waals surface area contributed by atoms with Gasteiger partial charge < -0.3 is 4.98 Å². The van der Waals surface area contributed by atoms with Crippen molar-refractivity contribution in [2.45, 2.75) is 13.3 Å². The molecule has 0 amide bonds. The fourth-order valence-corrected chi connectivity index (χ4v) is 2.48. The molecule has 1 nitrogen and oxygen atoms in total. The molecule has 0 saturated heterocycles. The number of H-pyrrole nitrogens is 1. The molecule has 1 aromatic carbocycles. The zero-order valence-corrected chi connectivity index (χ0v) is 9.05. The number of nitrogens with one attached hydrogen (secondary N) is 1. The van der Waals surface area contributed by atoms with Crippen molar-refractivity contribution in [3.63, 3.8) is 0 Å². The molecule has 1 heterocycles. The minimum absolute atomic E-state index is 1.10. The normalized spacial score (nSPS) is 10.8. The Morgan fingerprint density at radius 1 is 1.33 bits per heavy atom. The Hall–Kier alpha value is -0.510. The van der Waals surface area contributed by atoms with Crippen LogP contribution in [0, 0.1) is 3.70 Å². The Labute approximate surface area is 85.3 Å². The van der Waals surface area contributed by atoms with Crippen molar-refractivity contribution in [3.05, 3.63) is 33.5 Å². The van der Waals surface area contributed by atoms with E-state index in [1.807, 2.05) is 0 Å². The molecule has 2 rings (SSSR count). The van der Waals surface area contributed by atoms with E-state index in [9.17, 15) is 0 Å². The molecule has 0 aliphatic heterocycles. The van der Waals surface area contributed by atoms with Gasteiger partial charge in [0.2, 0.25) is 0 Å². The van der Waals surface area contributed by atoms with E-state index in [1.165, 1.54) is 20.2 Å². The highest BCUT2D eigenvalue weighted by Gasteiger charge is 2.05. The number of benzene rings is 1. The lowest BCUT2D eigenvalue weighted by atomic mass is 10.1. The third-order valence-corrected chi connectivity index (χ3v) is 3.04. The maximum atomic E-state index is 3.36. The summed E-state index contributed by atoms with van der Waals surface area (Å²) >= 11 is 2.36. The Morgan fingerprint density at radius 2 is 2.08 bits per heavy atom. The number of hydrogen-bond acceptors (Lipinski definition) is 0. The largest absolute Gasteiger partial charge is 0.350 e. The van der Waals surface area contributed by atoms with Gasteiger partial charge >= 0.3 is 0 Å². The zero-order chi connectivity index (χ0) is 8.55. The zero-order valence-electron chi connectivity index (χ0n) is 6.89. The summed E-state index contributed by atoms with van der Waals surface area (Å²) in [5, 5.41) is 1.37. The van der Waals surface area contributed by atoms with Gasteiger partial charge in [0.1, 0.15) is 0 Å². The second-order valence-corrected chi connectivity index (χ2v) is 3.90. The van der Waals surface area contributed by atoms with Crippen molar-refractivity contribution >= 4 is 33.5 Å². The van der Waals surface area contributed by atoms with E-state index in [0.29, 0.717) is 0 Å². The smallest absolute Gasteiger partial charge is 0.0815 e. The fourth-order valence-electron chi connectivity index (χ4n) is 1.51. The summed E-state index contributed by atoms with van der Waals surface area (Å²) < 4.78 is 1.27. The van der Waals surface area contributed by atoms with Gasteiger partial charge in [-0.3, -0.25) is 0 Å². The Balaban J connectivity index is 2.81. The van der Waals surface area contributed by atoms with Crippen molar-refractivity contribution in [2.75, 3.05) is 0 Å². The standard InChI is InChI=1S/C10H10IN/c1-2-7-8-5-3-4-6-9(8)12-10(7)11/h3-6,12H,2H2,1H3. The lowest BCUT2D eigenvalue weighted by molar-refractivity contribution is 1.13. The molecular formula is C10H10IN. The molecule has 0 aliphatic carbocycles. The molecule has 2 aromatic rings. The van der Waals surface area contributed by atoms with Gasteiger partial charge in [0, 0.05) is 10.9 Å². The van der Waals surface area contributed by atoms with Crippen LogP contribution < -0.4 is 0 Å². The fraction of sp³-hybridized carbons (Fsp3) is 0.200. The molecule has 0 spiro atoms. The molecule has 12 heavy (non-hydrogen) atoms. The lowest BCUT2D eigenvalue weighted by Gasteiger charge is -1.92. The van der Waals surface area contributed by atoms with Gasteiger partial charge in [-0.15, -0.1) is 0 Å². The number of fused-ring (bicyclic) bond motifs is 1. The van der Waals surface area contributed by atoms with Crippen LogP contribution in [0.1, 0.15) is 12.5 Å². The first kappa shape index (κ1) is 8.10. The Kier molecular flexibility index (Phi) is 2.09. The van der Waals surface area contributed by atoms with Crippen molar-refractivity contribution in [1.29, 1.82) is 0 Å². The SMILES string of the molecule is CCc1c(I)[nH]c2ccccc12. The average Bonchev–Trinajstić information content (AvgIpc) is 2.40. The lowest BCUT2D eigenvalue weighted by Crippen LogP contribution is -1.79. The molecule has 0 bridgehead atoms. The molecule has 0 saturated carbocycles. The first-order valence-electron chi connectivity index (χ1n) is 4.08. The van der Waals surface area contributed by atoms with Crippen LogP contribution in [0.3, 0.4) is 0 Å². The maximum absolute atomic E-state index is 3.36. The highest BCUT2D eigenvalue weighted by atomic mass is 127. The van der Waals surface area contributed by atoms with Crippen LogP contribution in [0.25, 0.3) is 10.9 Å². The highest BCUT2D eigenvalue weighted by molar-refractivity contribution is 14.1. The first-order chi connectivity index (χ1) is 5.83. The molecule has 0 radical (unpaired) electrons. The number of halogens is 1. The van der Waals surface area contributed by atoms with E-state index in [1.54, 1.807) is 0 Å². The Bertz CT molecular complexity index is 403. The third-order valence-electron chi connectivity index (χ3n) is 2.12. The average molecular weight is 271 g/mol.